The highest BCUT2D eigenvalue weighted by molar-refractivity contribution is 6.16. The molecule has 13 rings (SSSR count). The molecule has 0 saturated carbocycles. The van der Waals surface area contributed by atoms with E-state index in [0.717, 1.165) is 55.3 Å². The van der Waals surface area contributed by atoms with Crippen molar-refractivity contribution < 1.29 is 0 Å². The first-order valence-electron chi connectivity index (χ1n) is 23.1. The first-order chi connectivity index (χ1) is 32.2. The minimum absolute atomic E-state index is 0.117. The molecule has 2 aromatic heterocycles. The molecular weight excluding hydrogens is 797 g/mol. The van der Waals surface area contributed by atoms with Crippen molar-refractivity contribution >= 4 is 32.6 Å². The number of pyridine rings is 2. The fraction of sp³-hybridized carbons (Fsp3) is 0.0938. The van der Waals surface area contributed by atoms with Crippen molar-refractivity contribution in [1.29, 1.82) is 0 Å². The van der Waals surface area contributed by atoms with Gasteiger partial charge in [-0.05, 0) is 120 Å². The monoisotopic (exact) mass is 842 g/mol. The Morgan fingerprint density at radius 3 is 1.41 bits per heavy atom. The summed E-state index contributed by atoms with van der Waals surface area (Å²) in [5.41, 5.74) is 23.8. The molecule has 0 spiro atoms. The van der Waals surface area contributed by atoms with Gasteiger partial charge in [0, 0.05) is 38.1 Å². The Bertz CT molecular complexity index is 3800. The van der Waals surface area contributed by atoms with Crippen LogP contribution >= 0.6 is 0 Å². The molecule has 9 aromatic carbocycles. The van der Waals surface area contributed by atoms with Crippen LogP contribution in [0.1, 0.15) is 49.9 Å². The number of rotatable bonds is 5. The Labute approximate surface area is 385 Å². The molecular formula is C64H46N2. The third-order valence-electron chi connectivity index (χ3n) is 14.9. The molecule has 0 N–H and O–H groups in total. The van der Waals surface area contributed by atoms with Crippen molar-refractivity contribution in [2.75, 3.05) is 0 Å². The number of fused-ring (bicyclic) bond motifs is 10. The Kier molecular flexibility index (Phi) is 8.33. The van der Waals surface area contributed by atoms with Crippen LogP contribution in [0.5, 0.6) is 0 Å². The van der Waals surface area contributed by atoms with Crippen LogP contribution in [0.15, 0.2) is 206 Å². The summed E-state index contributed by atoms with van der Waals surface area (Å²) in [5, 5.41) is 4.62. The van der Waals surface area contributed by atoms with Crippen LogP contribution in [0.25, 0.3) is 111 Å². The molecule has 0 saturated heterocycles. The first kappa shape index (κ1) is 38.5. The summed E-state index contributed by atoms with van der Waals surface area (Å²) in [6.45, 7) is 9.44. The van der Waals surface area contributed by atoms with E-state index in [1.807, 2.05) is 0 Å². The number of para-hydroxylation sites is 1. The number of aromatic nitrogens is 2. The maximum absolute atomic E-state index is 5.65. The van der Waals surface area contributed by atoms with Gasteiger partial charge in [-0.15, -0.1) is 0 Å². The van der Waals surface area contributed by atoms with Gasteiger partial charge >= 0.3 is 0 Å². The van der Waals surface area contributed by atoms with Crippen LogP contribution in [0.3, 0.4) is 0 Å². The van der Waals surface area contributed by atoms with Crippen molar-refractivity contribution in [3.8, 4) is 78.1 Å². The highest BCUT2D eigenvalue weighted by Gasteiger charge is 2.37. The Hall–Kier alpha value is -7.94. The fourth-order valence-electron chi connectivity index (χ4n) is 11.4. The quantitative estimate of drug-likeness (QED) is 0.161. The summed E-state index contributed by atoms with van der Waals surface area (Å²) in [7, 11) is 0. The highest BCUT2D eigenvalue weighted by atomic mass is 14.7. The van der Waals surface area contributed by atoms with Gasteiger partial charge in [-0.1, -0.05) is 198 Å². The summed E-state index contributed by atoms with van der Waals surface area (Å²) in [5.74, 6) is 0. The molecule has 0 radical (unpaired) electrons. The van der Waals surface area contributed by atoms with Crippen LogP contribution < -0.4 is 0 Å². The molecule has 0 unspecified atom stereocenters. The fourth-order valence-corrected chi connectivity index (χ4v) is 11.4. The van der Waals surface area contributed by atoms with Crippen LogP contribution in [0.4, 0.5) is 0 Å². The molecule has 312 valence electrons. The van der Waals surface area contributed by atoms with Gasteiger partial charge in [-0.25, -0.2) is 9.97 Å². The lowest BCUT2D eigenvalue weighted by atomic mass is 9.81. The van der Waals surface area contributed by atoms with Crippen molar-refractivity contribution in [3.63, 3.8) is 0 Å². The summed E-state index contributed by atoms with van der Waals surface area (Å²) < 4.78 is 0. The third kappa shape index (κ3) is 5.74. The molecule has 2 heteroatoms. The number of hydrogen-bond donors (Lipinski definition) is 0. The SMILES string of the molecule is CC1(C)c2ccccc2-c2ccc(-c3cc(-c4ccc5c(c4)C(C)(C)c4ccccc4-5)c4cc(-c5ccc(-c6cc(-c7ccccc7)c7ccccc7n6)cc5)c5ccccc5c4n3)cc21. The van der Waals surface area contributed by atoms with Crippen molar-refractivity contribution in [1.82, 2.24) is 9.97 Å². The third-order valence-corrected chi connectivity index (χ3v) is 14.9. The topological polar surface area (TPSA) is 25.8 Å². The van der Waals surface area contributed by atoms with Crippen LogP contribution in [0, 0.1) is 0 Å². The highest BCUT2D eigenvalue weighted by Crippen LogP contribution is 2.52. The predicted octanol–water partition coefficient (Wildman–Crippen LogP) is 16.9. The molecule has 2 nitrogen and oxygen atoms in total. The van der Waals surface area contributed by atoms with Gasteiger partial charge in [0.05, 0.1) is 22.4 Å². The lowest BCUT2D eigenvalue weighted by Gasteiger charge is -2.23. The van der Waals surface area contributed by atoms with E-state index in [1.165, 1.54) is 77.7 Å². The first-order valence-corrected chi connectivity index (χ1v) is 23.1. The molecule has 2 heterocycles. The number of hydrogen-bond acceptors (Lipinski definition) is 2. The van der Waals surface area contributed by atoms with Gasteiger partial charge in [0.15, 0.2) is 0 Å². The number of benzene rings is 9. The van der Waals surface area contributed by atoms with E-state index >= 15 is 0 Å². The molecule has 0 amide bonds. The van der Waals surface area contributed by atoms with Gasteiger partial charge in [0.2, 0.25) is 0 Å². The van der Waals surface area contributed by atoms with E-state index in [-0.39, 0.29) is 10.8 Å². The zero-order valence-corrected chi connectivity index (χ0v) is 37.5. The van der Waals surface area contributed by atoms with Crippen molar-refractivity contribution in [2.24, 2.45) is 0 Å². The van der Waals surface area contributed by atoms with Crippen LogP contribution in [0.2, 0.25) is 0 Å². The summed E-state index contributed by atoms with van der Waals surface area (Å²) in [6.07, 6.45) is 0. The average Bonchev–Trinajstić information content (AvgIpc) is 3.74. The van der Waals surface area contributed by atoms with E-state index in [9.17, 15) is 0 Å². The van der Waals surface area contributed by atoms with Crippen molar-refractivity contribution in [2.45, 2.75) is 38.5 Å². The summed E-state index contributed by atoms with van der Waals surface area (Å²) >= 11 is 0. The lowest BCUT2D eigenvalue weighted by Crippen LogP contribution is -2.15. The van der Waals surface area contributed by atoms with E-state index < -0.39 is 0 Å². The minimum atomic E-state index is -0.129. The van der Waals surface area contributed by atoms with E-state index in [2.05, 4.69) is 234 Å². The molecule has 2 aliphatic rings. The maximum Gasteiger partial charge on any atom is 0.0794 e. The second kappa shape index (κ2) is 14.3. The Morgan fingerprint density at radius 2 is 0.727 bits per heavy atom. The number of nitrogens with zero attached hydrogens (tertiary/aromatic N) is 2. The summed E-state index contributed by atoms with van der Waals surface area (Å²) in [4.78, 5) is 10.8. The van der Waals surface area contributed by atoms with Gasteiger partial charge in [0.1, 0.15) is 0 Å². The Balaban J connectivity index is 1.00. The molecule has 0 atom stereocenters. The van der Waals surface area contributed by atoms with E-state index in [1.54, 1.807) is 0 Å². The van der Waals surface area contributed by atoms with Crippen LogP contribution in [-0.2, 0) is 10.8 Å². The zero-order chi connectivity index (χ0) is 44.3. The standard InChI is InChI=1S/C64H46N2/c1-63(2)55-23-13-10-19-45(55)47-32-30-42(34-57(47)63)53-38-61(43-31-33-48-46-20-11-14-24-56(46)64(3,4)58(48)35-43)66-62-50-22-9-8-18-44(50)51(36-54(53)62)40-26-28-41(29-27-40)60-37-52(39-16-6-5-7-17-39)49-21-12-15-25-59(49)65-60/h5-38H,1-4H3. The second-order valence-corrected chi connectivity index (χ2v) is 19.3. The molecule has 66 heavy (non-hydrogen) atoms. The maximum atomic E-state index is 5.65. The van der Waals surface area contributed by atoms with Crippen molar-refractivity contribution in [3.05, 3.63) is 229 Å². The molecule has 0 bridgehead atoms. The lowest BCUT2D eigenvalue weighted by molar-refractivity contribution is 0.660. The minimum Gasteiger partial charge on any atom is -0.248 e. The zero-order valence-electron chi connectivity index (χ0n) is 37.5. The van der Waals surface area contributed by atoms with Gasteiger partial charge in [-0.3, -0.25) is 0 Å². The van der Waals surface area contributed by atoms with E-state index in [4.69, 9.17) is 9.97 Å². The van der Waals surface area contributed by atoms with Gasteiger partial charge < -0.3 is 0 Å². The molecule has 2 aliphatic carbocycles. The Morgan fingerprint density at radius 1 is 0.273 bits per heavy atom. The molecule has 0 aliphatic heterocycles. The summed E-state index contributed by atoms with van der Waals surface area (Å²) in [6, 6.07) is 75.8. The van der Waals surface area contributed by atoms with E-state index in [0.29, 0.717) is 0 Å². The van der Waals surface area contributed by atoms with Gasteiger partial charge in [-0.2, -0.15) is 0 Å². The average molecular weight is 843 g/mol. The van der Waals surface area contributed by atoms with Crippen LogP contribution in [-0.4, -0.2) is 9.97 Å². The molecule has 11 aromatic rings. The normalized spacial score (nSPS) is 14.0. The van der Waals surface area contributed by atoms with Gasteiger partial charge in [0.25, 0.3) is 0 Å². The molecule has 0 fully saturated rings. The smallest absolute Gasteiger partial charge is 0.0794 e. The predicted molar refractivity (Wildman–Crippen MR) is 277 cm³/mol. The largest absolute Gasteiger partial charge is 0.248 e. The second-order valence-electron chi connectivity index (χ2n) is 19.3.